The lowest BCUT2D eigenvalue weighted by Gasteiger charge is -2.08. The summed E-state index contributed by atoms with van der Waals surface area (Å²) in [6.45, 7) is 0. The van der Waals surface area contributed by atoms with Crippen molar-refractivity contribution in [3.63, 3.8) is 0 Å². The van der Waals surface area contributed by atoms with E-state index in [2.05, 4.69) is 30.6 Å². The molecular weight excluding hydrogens is 342 g/mol. The molecule has 7 heteroatoms. The van der Waals surface area contributed by atoms with E-state index in [1.165, 1.54) is 12.5 Å². The van der Waals surface area contributed by atoms with Crippen molar-refractivity contribution in [2.45, 2.75) is 5.03 Å². The van der Waals surface area contributed by atoms with Crippen molar-refractivity contribution < 1.29 is 8.42 Å². The molecule has 0 fully saturated rings. The predicted octanol–water partition coefficient (Wildman–Crippen LogP) is 3.13. The molecule has 0 saturated heterocycles. The monoisotopic (exact) mass is 351 g/mol. The first-order chi connectivity index (χ1) is 9.56. The van der Waals surface area contributed by atoms with Gasteiger partial charge in [-0.1, -0.05) is 34.1 Å². The molecule has 102 valence electrons. The number of anilines is 1. The van der Waals surface area contributed by atoms with Crippen LogP contribution in [0.4, 0.5) is 5.69 Å². The highest BCUT2D eigenvalue weighted by Crippen LogP contribution is 2.27. The Bertz CT molecular complexity index is 860. The van der Waals surface area contributed by atoms with Crippen molar-refractivity contribution in [2.75, 3.05) is 4.72 Å². The second kappa shape index (κ2) is 4.92. The third-order valence-corrected chi connectivity index (χ3v) is 4.84. The number of aromatic amines is 1. The van der Waals surface area contributed by atoms with Crippen molar-refractivity contribution in [2.24, 2.45) is 0 Å². The van der Waals surface area contributed by atoms with Crippen LogP contribution in [0.1, 0.15) is 0 Å². The van der Waals surface area contributed by atoms with Crippen molar-refractivity contribution in [1.82, 2.24) is 9.97 Å². The zero-order valence-electron chi connectivity index (χ0n) is 10.2. The van der Waals surface area contributed by atoms with Crippen LogP contribution in [-0.4, -0.2) is 18.4 Å². The largest absolute Gasteiger partial charge is 0.334 e. The van der Waals surface area contributed by atoms with E-state index in [9.17, 15) is 8.42 Å². The Balaban J connectivity index is 2.00. The van der Waals surface area contributed by atoms with Crippen LogP contribution in [0.2, 0.25) is 0 Å². The average Bonchev–Trinajstić information content (AvgIpc) is 2.93. The fraction of sp³-hybridized carbons (Fsp3) is 0. The number of aromatic nitrogens is 2. The zero-order chi connectivity index (χ0) is 14.2. The number of imidazole rings is 1. The van der Waals surface area contributed by atoms with Crippen LogP contribution in [0.25, 0.3) is 10.8 Å². The maximum atomic E-state index is 12.1. The fourth-order valence-electron chi connectivity index (χ4n) is 1.91. The van der Waals surface area contributed by atoms with Crippen LogP contribution in [0.3, 0.4) is 0 Å². The van der Waals surface area contributed by atoms with E-state index in [0.29, 0.717) is 5.69 Å². The molecule has 0 radical (unpaired) electrons. The molecule has 5 nitrogen and oxygen atoms in total. The summed E-state index contributed by atoms with van der Waals surface area (Å²) in [6.07, 6.45) is 2.59. The molecule has 1 heterocycles. The molecule has 0 aliphatic heterocycles. The van der Waals surface area contributed by atoms with E-state index in [0.717, 1.165) is 15.2 Å². The van der Waals surface area contributed by atoms with Gasteiger partial charge in [-0.05, 0) is 29.0 Å². The van der Waals surface area contributed by atoms with Gasteiger partial charge in [-0.3, -0.25) is 4.72 Å². The summed E-state index contributed by atoms with van der Waals surface area (Å²) in [5.41, 5.74) is 0.505. The molecule has 0 amide bonds. The fourth-order valence-corrected chi connectivity index (χ4v) is 3.38. The number of H-pyrrole nitrogens is 1. The Morgan fingerprint density at radius 3 is 2.80 bits per heavy atom. The predicted molar refractivity (Wildman–Crippen MR) is 81.0 cm³/mol. The normalized spacial score (nSPS) is 11.7. The quantitative estimate of drug-likeness (QED) is 0.761. The molecule has 20 heavy (non-hydrogen) atoms. The molecular formula is C13H10BrN3O2S. The first kappa shape index (κ1) is 13.1. The molecule has 0 saturated carbocycles. The number of hydrogen-bond donors (Lipinski definition) is 2. The molecule has 2 aromatic carbocycles. The summed E-state index contributed by atoms with van der Waals surface area (Å²) in [4.78, 5) is 6.29. The number of hydrogen-bond acceptors (Lipinski definition) is 3. The Kier molecular flexibility index (Phi) is 3.23. The lowest BCUT2D eigenvalue weighted by Crippen LogP contribution is -2.13. The first-order valence-corrected chi connectivity index (χ1v) is 8.03. The summed E-state index contributed by atoms with van der Waals surface area (Å²) in [5.74, 6) is 0. The maximum absolute atomic E-state index is 12.1. The van der Waals surface area contributed by atoms with Crippen LogP contribution in [-0.2, 0) is 10.0 Å². The molecule has 0 unspecified atom stereocenters. The second-order valence-electron chi connectivity index (χ2n) is 4.20. The Morgan fingerprint density at radius 1 is 1.20 bits per heavy atom. The van der Waals surface area contributed by atoms with Crippen LogP contribution in [0, 0.1) is 0 Å². The maximum Gasteiger partial charge on any atom is 0.278 e. The summed E-state index contributed by atoms with van der Waals surface area (Å²) < 4.78 is 27.6. The number of benzene rings is 2. The van der Waals surface area contributed by atoms with Gasteiger partial charge in [0.25, 0.3) is 10.0 Å². The summed E-state index contributed by atoms with van der Waals surface area (Å²) >= 11 is 3.46. The molecule has 0 aliphatic rings. The van der Waals surface area contributed by atoms with Gasteiger partial charge in [-0.2, -0.15) is 8.42 Å². The molecule has 3 aromatic rings. The van der Waals surface area contributed by atoms with E-state index in [1.807, 2.05) is 24.3 Å². The van der Waals surface area contributed by atoms with E-state index in [1.54, 1.807) is 12.1 Å². The minimum absolute atomic E-state index is 0.0341. The molecule has 0 atom stereocenters. The van der Waals surface area contributed by atoms with Crippen molar-refractivity contribution >= 4 is 42.4 Å². The highest BCUT2D eigenvalue weighted by atomic mass is 79.9. The molecule has 1 aromatic heterocycles. The molecule has 0 spiro atoms. The Hall–Kier alpha value is -1.86. The van der Waals surface area contributed by atoms with Gasteiger partial charge in [0.1, 0.15) is 0 Å². The number of halogens is 1. The van der Waals surface area contributed by atoms with Gasteiger partial charge < -0.3 is 4.98 Å². The van der Waals surface area contributed by atoms with Crippen LogP contribution >= 0.6 is 15.9 Å². The van der Waals surface area contributed by atoms with Gasteiger partial charge in [0, 0.05) is 10.2 Å². The van der Waals surface area contributed by atoms with Gasteiger partial charge in [0.2, 0.25) is 0 Å². The SMILES string of the molecule is O=S(=O)(Nc1ccc2c(Br)cccc2c1)c1cnc[nH]1. The van der Waals surface area contributed by atoms with E-state index >= 15 is 0 Å². The Morgan fingerprint density at radius 2 is 2.05 bits per heavy atom. The molecule has 0 bridgehead atoms. The van der Waals surface area contributed by atoms with Crippen molar-refractivity contribution in [3.05, 3.63) is 53.4 Å². The minimum Gasteiger partial charge on any atom is -0.334 e. The summed E-state index contributed by atoms with van der Waals surface area (Å²) in [6, 6.07) is 11.1. The standard InChI is InChI=1S/C13H10BrN3O2S/c14-12-3-1-2-9-6-10(4-5-11(9)12)17-20(18,19)13-7-15-8-16-13/h1-8,17H,(H,15,16). The average molecular weight is 352 g/mol. The van der Waals surface area contributed by atoms with Crippen LogP contribution in [0.15, 0.2) is 58.4 Å². The summed E-state index contributed by atoms with van der Waals surface area (Å²) in [5, 5.41) is 2.01. The first-order valence-electron chi connectivity index (χ1n) is 5.76. The van der Waals surface area contributed by atoms with Gasteiger partial charge in [0.05, 0.1) is 12.5 Å². The van der Waals surface area contributed by atoms with E-state index in [4.69, 9.17) is 0 Å². The van der Waals surface area contributed by atoms with Gasteiger partial charge in [0.15, 0.2) is 5.03 Å². The highest BCUT2D eigenvalue weighted by Gasteiger charge is 2.15. The van der Waals surface area contributed by atoms with Crippen molar-refractivity contribution in [3.8, 4) is 0 Å². The van der Waals surface area contributed by atoms with Crippen molar-refractivity contribution in [1.29, 1.82) is 0 Å². The lowest BCUT2D eigenvalue weighted by molar-refractivity contribution is 0.598. The number of sulfonamides is 1. The zero-order valence-corrected chi connectivity index (χ0v) is 12.6. The topological polar surface area (TPSA) is 74.8 Å². The minimum atomic E-state index is -3.63. The number of nitrogens with one attached hydrogen (secondary N) is 2. The van der Waals surface area contributed by atoms with Gasteiger partial charge >= 0.3 is 0 Å². The molecule has 2 N–H and O–H groups in total. The number of fused-ring (bicyclic) bond motifs is 1. The lowest BCUT2D eigenvalue weighted by atomic mass is 10.1. The molecule has 0 aliphatic carbocycles. The van der Waals surface area contributed by atoms with Crippen LogP contribution in [0.5, 0.6) is 0 Å². The smallest absolute Gasteiger partial charge is 0.278 e. The molecule has 3 rings (SSSR count). The summed E-state index contributed by atoms with van der Waals surface area (Å²) in [7, 11) is -3.63. The van der Waals surface area contributed by atoms with E-state index in [-0.39, 0.29) is 5.03 Å². The van der Waals surface area contributed by atoms with E-state index < -0.39 is 10.0 Å². The van der Waals surface area contributed by atoms with Gasteiger partial charge in [-0.15, -0.1) is 0 Å². The number of rotatable bonds is 3. The van der Waals surface area contributed by atoms with Crippen LogP contribution < -0.4 is 4.72 Å². The van der Waals surface area contributed by atoms with Gasteiger partial charge in [-0.25, -0.2) is 4.98 Å². The third-order valence-electron chi connectivity index (χ3n) is 2.84. The second-order valence-corrected chi connectivity index (χ2v) is 6.70. The highest BCUT2D eigenvalue weighted by molar-refractivity contribution is 9.10. The number of nitrogens with zero attached hydrogens (tertiary/aromatic N) is 1. The Labute approximate surface area is 124 Å². The third kappa shape index (κ3) is 2.41.